The number of benzene rings is 2. The highest BCUT2D eigenvalue weighted by molar-refractivity contribution is 6.33. The van der Waals surface area contributed by atoms with E-state index in [1.54, 1.807) is 32.2 Å². The molecule has 0 radical (unpaired) electrons. The first kappa shape index (κ1) is 14.6. The van der Waals surface area contributed by atoms with Crippen molar-refractivity contribution in [2.75, 3.05) is 12.4 Å². The summed E-state index contributed by atoms with van der Waals surface area (Å²) in [5.74, 6) is -0.318. The van der Waals surface area contributed by atoms with Crippen LogP contribution in [0.2, 0.25) is 5.02 Å². The van der Waals surface area contributed by atoms with Crippen LogP contribution in [0.15, 0.2) is 36.4 Å². The van der Waals surface area contributed by atoms with Gasteiger partial charge in [0.1, 0.15) is 17.4 Å². The lowest BCUT2D eigenvalue weighted by molar-refractivity contribution is 0.415. The Hall–Kier alpha value is -1.81. The molecule has 0 heterocycles. The van der Waals surface area contributed by atoms with E-state index in [2.05, 4.69) is 5.32 Å². The quantitative estimate of drug-likeness (QED) is 0.875. The van der Waals surface area contributed by atoms with Crippen molar-refractivity contribution < 1.29 is 13.5 Å². The Morgan fingerprint density at radius 3 is 2.60 bits per heavy atom. The highest BCUT2D eigenvalue weighted by Crippen LogP contribution is 2.30. The lowest BCUT2D eigenvalue weighted by Crippen LogP contribution is -2.09. The molecule has 0 aromatic heterocycles. The molecule has 2 rings (SSSR count). The van der Waals surface area contributed by atoms with Gasteiger partial charge in [0.15, 0.2) is 0 Å². The van der Waals surface area contributed by atoms with E-state index in [0.29, 0.717) is 16.5 Å². The van der Waals surface area contributed by atoms with Crippen LogP contribution >= 0.6 is 11.6 Å². The van der Waals surface area contributed by atoms with E-state index in [9.17, 15) is 8.78 Å². The van der Waals surface area contributed by atoms with Gasteiger partial charge in [-0.1, -0.05) is 11.6 Å². The van der Waals surface area contributed by atoms with Crippen LogP contribution in [0.3, 0.4) is 0 Å². The third-order valence-corrected chi connectivity index (χ3v) is 3.30. The average Bonchev–Trinajstić information content (AvgIpc) is 2.43. The van der Waals surface area contributed by atoms with E-state index in [1.807, 2.05) is 0 Å². The molecule has 0 bridgehead atoms. The molecule has 2 nitrogen and oxygen atoms in total. The molecule has 2 aromatic rings. The van der Waals surface area contributed by atoms with Crippen LogP contribution in [0.25, 0.3) is 0 Å². The van der Waals surface area contributed by atoms with E-state index in [1.165, 1.54) is 6.07 Å². The highest BCUT2D eigenvalue weighted by Gasteiger charge is 2.13. The molecule has 0 saturated heterocycles. The van der Waals surface area contributed by atoms with Crippen molar-refractivity contribution in [2.45, 2.75) is 13.0 Å². The molecular weight excluding hydrogens is 284 g/mol. The summed E-state index contributed by atoms with van der Waals surface area (Å²) in [5.41, 5.74) is 0.839. The third-order valence-electron chi connectivity index (χ3n) is 2.97. The van der Waals surface area contributed by atoms with Crippen LogP contribution < -0.4 is 10.1 Å². The molecule has 2 aromatic carbocycles. The highest BCUT2D eigenvalue weighted by atomic mass is 35.5. The smallest absolute Gasteiger partial charge is 0.128 e. The molecule has 106 valence electrons. The minimum atomic E-state index is -0.480. The molecule has 0 saturated carbocycles. The van der Waals surface area contributed by atoms with Gasteiger partial charge in [0.25, 0.3) is 0 Å². The fourth-order valence-corrected chi connectivity index (χ4v) is 2.07. The van der Waals surface area contributed by atoms with Gasteiger partial charge in [-0.3, -0.25) is 0 Å². The number of rotatable bonds is 4. The maximum absolute atomic E-state index is 13.7. The first-order chi connectivity index (χ1) is 9.51. The van der Waals surface area contributed by atoms with Crippen LogP contribution in [0.5, 0.6) is 5.75 Å². The summed E-state index contributed by atoms with van der Waals surface area (Å²) >= 11 is 6.07. The van der Waals surface area contributed by atoms with Crippen molar-refractivity contribution in [3.63, 3.8) is 0 Å². The Morgan fingerprint density at radius 2 is 1.90 bits per heavy atom. The standard InChI is InChI=1S/C15H14ClF2NO/c1-9(12-7-10(17)3-6-14(12)18)19-15-8-11(20-2)4-5-13(15)16/h3-9,19H,1-2H3. The second kappa shape index (κ2) is 6.09. The van der Waals surface area contributed by atoms with Gasteiger partial charge in [-0.25, -0.2) is 8.78 Å². The first-order valence-corrected chi connectivity index (χ1v) is 6.44. The maximum Gasteiger partial charge on any atom is 0.128 e. The van der Waals surface area contributed by atoms with E-state index in [-0.39, 0.29) is 5.56 Å². The lowest BCUT2D eigenvalue weighted by Gasteiger charge is -2.18. The number of hydrogen-bond acceptors (Lipinski definition) is 2. The van der Waals surface area contributed by atoms with Crippen LogP contribution in [0, 0.1) is 11.6 Å². The first-order valence-electron chi connectivity index (χ1n) is 6.06. The summed E-state index contributed by atoms with van der Waals surface area (Å²) in [4.78, 5) is 0. The number of methoxy groups -OCH3 is 1. The molecule has 20 heavy (non-hydrogen) atoms. The monoisotopic (exact) mass is 297 g/mol. The van der Waals surface area contributed by atoms with Crippen LogP contribution in [-0.2, 0) is 0 Å². The normalized spacial score (nSPS) is 12.1. The Balaban J connectivity index is 2.27. The van der Waals surface area contributed by atoms with Crippen molar-refractivity contribution in [1.82, 2.24) is 0 Å². The number of hydrogen-bond donors (Lipinski definition) is 1. The molecule has 0 aliphatic carbocycles. The molecule has 5 heteroatoms. The Kier molecular flexibility index (Phi) is 4.45. The minimum Gasteiger partial charge on any atom is -0.497 e. The largest absolute Gasteiger partial charge is 0.497 e. The minimum absolute atomic E-state index is 0.240. The molecule has 0 spiro atoms. The second-order valence-corrected chi connectivity index (χ2v) is 4.78. The number of anilines is 1. The molecule has 0 aliphatic heterocycles. The second-order valence-electron chi connectivity index (χ2n) is 4.38. The van der Waals surface area contributed by atoms with Gasteiger partial charge >= 0.3 is 0 Å². The van der Waals surface area contributed by atoms with Crippen LogP contribution in [0.1, 0.15) is 18.5 Å². The summed E-state index contributed by atoms with van der Waals surface area (Å²) in [6.45, 7) is 1.73. The SMILES string of the molecule is COc1ccc(Cl)c(NC(C)c2cc(F)ccc2F)c1. The average molecular weight is 298 g/mol. The van der Waals surface area contributed by atoms with Gasteiger partial charge < -0.3 is 10.1 Å². The van der Waals surface area contributed by atoms with E-state index >= 15 is 0 Å². The van der Waals surface area contributed by atoms with Gasteiger partial charge in [0.05, 0.1) is 23.9 Å². The Morgan fingerprint density at radius 1 is 1.15 bits per heavy atom. The van der Waals surface area contributed by atoms with Crippen LogP contribution in [-0.4, -0.2) is 7.11 Å². The zero-order valence-corrected chi connectivity index (χ0v) is 11.8. The zero-order chi connectivity index (χ0) is 14.7. The van der Waals surface area contributed by atoms with Gasteiger partial charge in [-0.2, -0.15) is 0 Å². The number of halogens is 3. The van der Waals surface area contributed by atoms with Gasteiger partial charge in [0.2, 0.25) is 0 Å². The maximum atomic E-state index is 13.7. The van der Waals surface area contributed by atoms with Crippen molar-refractivity contribution >= 4 is 17.3 Å². The molecule has 1 atom stereocenters. The van der Waals surface area contributed by atoms with E-state index in [0.717, 1.165) is 12.1 Å². The Bertz CT molecular complexity index is 619. The lowest BCUT2D eigenvalue weighted by atomic mass is 10.1. The van der Waals surface area contributed by atoms with Crippen molar-refractivity contribution in [2.24, 2.45) is 0 Å². The van der Waals surface area contributed by atoms with Gasteiger partial charge in [0, 0.05) is 11.6 Å². The molecular formula is C15H14ClF2NO. The summed E-state index contributed by atoms with van der Waals surface area (Å²) < 4.78 is 32.0. The van der Waals surface area contributed by atoms with Crippen molar-refractivity contribution in [3.05, 3.63) is 58.6 Å². The number of nitrogens with one attached hydrogen (secondary N) is 1. The summed E-state index contributed by atoms with van der Waals surface area (Å²) in [6.07, 6.45) is 0. The number of ether oxygens (including phenoxy) is 1. The third kappa shape index (κ3) is 3.20. The summed E-state index contributed by atoms with van der Waals surface area (Å²) in [5, 5.41) is 3.53. The Labute approximate surface area is 121 Å². The van der Waals surface area contributed by atoms with E-state index in [4.69, 9.17) is 16.3 Å². The zero-order valence-electron chi connectivity index (χ0n) is 11.1. The molecule has 0 fully saturated rings. The predicted octanol–water partition coefficient (Wildman–Crippen LogP) is 4.80. The topological polar surface area (TPSA) is 21.3 Å². The molecule has 0 aliphatic rings. The summed E-state index contributed by atoms with van der Waals surface area (Å²) in [6, 6.07) is 8.03. The van der Waals surface area contributed by atoms with Crippen molar-refractivity contribution in [3.8, 4) is 5.75 Å². The van der Waals surface area contributed by atoms with Gasteiger partial charge in [-0.05, 0) is 37.3 Å². The van der Waals surface area contributed by atoms with Crippen LogP contribution in [0.4, 0.5) is 14.5 Å². The predicted molar refractivity (Wildman–Crippen MR) is 76.4 cm³/mol. The fraction of sp³-hybridized carbons (Fsp3) is 0.200. The fourth-order valence-electron chi connectivity index (χ4n) is 1.90. The van der Waals surface area contributed by atoms with Gasteiger partial charge in [-0.15, -0.1) is 0 Å². The van der Waals surface area contributed by atoms with Crippen molar-refractivity contribution in [1.29, 1.82) is 0 Å². The molecule has 1 unspecified atom stereocenters. The van der Waals surface area contributed by atoms with E-state index < -0.39 is 17.7 Å². The molecule has 1 N–H and O–H groups in total. The molecule has 0 amide bonds. The summed E-state index contributed by atoms with van der Waals surface area (Å²) in [7, 11) is 1.54.